The molecule has 1 aromatic carbocycles. The summed E-state index contributed by atoms with van der Waals surface area (Å²) in [6.07, 6.45) is 2.83. The monoisotopic (exact) mass is 374 g/mol. The molecular formula is C20H23FN2O2S. The molecule has 2 heterocycles. The molecule has 2 fully saturated rings. The number of pyridine rings is 1. The van der Waals surface area contributed by atoms with Gasteiger partial charge in [-0.05, 0) is 67.3 Å². The van der Waals surface area contributed by atoms with E-state index < -0.39 is 6.10 Å². The van der Waals surface area contributed by atoms with Gasteiger partial charge in [0.25, 0.3) is 0 Å². The molecule has 4 atom stereocenters. The number of anilines is 1. The van der Waals surface area contributed by atoms with Gasteiger partial charge in [-0.25, -0.2) is 9.37 Å². The van der Waals surface area contributed by atoms with Gasteiger partial charge in [-0.2, -0.15) is 0 Å². The smallest absolute Gasteiger partial charge is 0.129 e. The first kappa shape index (κ1) is 17.6. The van der Waals surface area contributed by atoms with Gasteiger partial charge in [0.05, 0.1) is 11.1 Å². The van der Waals surface area contributed by atoms with Crippen molar-refractivity contribution < 1.29 is 14.2 Å². The molecular weight excluding hydrogens is 351 g/mol. The van der Waals surface area contributed by atoms with E-state index in [2.05, 4.69) is 11.0 Å². The molecule has 1 aliphatic carbocycles. The number of aromatic nitrogens is 1. The predicted octanol–water partition coefficient (Wildman–Crippen LogP) is 3.60. The number of thioether (sulfide) groups is 1. The molecule has 138 valence electrons. The highest BCUT2D eigenvalue weighted by molar-refractivity contribution is 7.98. The number of hydrogen-bond donors (Lipinski definition) is 1. The van der Waals surface area contributed by atoms with Crippen LogP contribution in [0.5, 0.6) is 5.75 Å². The summed E-state index contributed by atoms with van der Waals surface area (Å²) in [7, 11) is 0. The van der Waals surface area contributed by atoms with E-state index in [-0.39, 0.29) is 11.9 Å². The molecule has 1 aromatic heterocycles. The van der Waals surface area contributed by atoms with E-state index in [4.69, 9.17) is 9.72 Å². The number of halogens is 1. The maximum absolute atomic E-state index is 13.1. The van der Waals surface area contributed by atoms with Crippen LogP contribution in [0.15, 0.2) is 47.5 Å². The van der Waals surface area contributed by atoms with Gasteiger partial charge in [-0.15, -0.1) is 11.8 Å². The fraction of sp³-hybridized carbons (Fsp3) is 0.450. The van der Waals surface area contributed by atoms with Crippen molar-refractivity contribution in [3.05, 3.63) is 48.3 Å². The number of aliphatic hydroxyl groups excluding tert-OH is 1. The first-order chi connectivity index (χ1) is 12.6. The van der Waals surface area contributed by atoms with E-state index in [9.17, 15) is 9.50 Å². The molecule has 0 amide bonds. The van der Waals surface area contributed by atoms with Crippen LogP contribution in [0, 0.1) is 17.7 Å². The van der Waals surface area contributed by atoms with Crippen LogP contribution in [0.3, 0.4) is 0 Å². The Morgan fingerprint density at radius 1 is 1.12 bits per heavy atom. The molecule has 1 aliphatic heterocycles. The molecule has 0 unspecified atom stereocenters. The minimum atomic E-state index is -0.494. The Bertz CT molecular complexity index is 758. The average molecular weight is 374 g/mol. The molecule has 0 spiro atoms. The highest BCUT2D eigenvalue weighted by Gasteiger charge is 2.43. The van der Waals surface area contributed by atoms with Crippen LogP contribution in [0.2, 0.25) is 0 Å². The number of hydrogen-bond acceptors (Lipinski definition) is 5. The summed E-state index contributed by atoms with van der Waals surface area (Å²) in [6, 6.07) is 12.1. The number of rotatable bonds is 4. The normalized spacial score (nSPS) is 28.0. The summed E-state index contributed by atoms with van der Waals surface area (Å²) >= 11 is 1.65. The van der Waals surface area contributed by atoms with E-state index in [1.54, 1.807) is 23.9 Å². The molecule has 2 aliphatic rings. The lowest BCUT2D eigenvalue weighted by Gasteiger charge is -2.35. The summed E-state index contributed by atoms with van der Waals surface area (Å²) in [5.74, 6) is 2.27. The van der Waals surface area contributed by atoms with Crippen molar-refractivity contribution in [1.29, 1.82) is 0 Å². The third-order valence-corrected chi connectivity index (χ3v) is 6.07. The Balaban J connectivity index is 1.43. The summed E-state index contributed by atoms with van der Waals surface area (Å²) in [6.45, 7) is 1.86. The lowest BCUT2D eigenvalue weighted by Crippen LogP contribution is -2.42. The van der Waals surface area contributed by atoms with Gasteiger partial charge in [0.1, 0.15) is 23.5 Å². The highest BCUT2D eigenvalue weighted by atomic mass is 32.2. The minimum absolute atomic E-state index is 0.243. The van der Waals surface area contributed by atoms with Crippen molar-refractivity contribution in [3.8, 4) is 5.75 Å². The minimum Gasteiger partial charge on any atom is -0.488 e. The van der Waals surface area contributed by atoms with Crippen LogP contribution in [0.1, 0.15) is 12.8 Å². The first-order valence-electron chi connectivity index (χ1n) is 8.98. The van der Waals surface area contributed by atoms with Gasteiger partial charge in [0.2, 0.25) is 0 Å². The Kier molecular flexibility index (Phi) is 5.05. The van der Waals surface area contributed by atoms with Crippen LogP contribution in [0.25, 0.3) is 0 Å². The average Bonchev–Trinajstić information content (AvgIpc) is 3.06. The number of nitrogens with zero attached hydrogens (tertiary/aromatic N) is 2. The van der Waals surface area contributed by atoms with Gasteiger partial charge < -0.3 is 14.7 Å². The first-order valence-corrected chi connectivity index (χ1v) is 10.2. The number of fused-ring (bicyclic) bond motifs is 1. The summed E-state index contributed by atoms with van der Waals surface area (Å²) in [5, 5.41) is 11.6. The maximum atomic E-state index is 13.1. The molecule has 1 saturated heterocycles. The van der Waals surface area contributed by atoms with Gasteiger partial charge in [0.15, 0.2) is 0 Å². The molecule has 0 bridgehead atoms. The third kappa shape index (κ3) is 3.67. The number of aliphatic hydroxyl groups is 1. The lowest BCUT2D eigenvalue weighted by atomic mass is 9.78. The standard InChI is InChI=1S/C20H23FN2O2S/c1-26-20-4-2-3-19(22-20)23-11-13-9-17(24)18(10-14(13)12-23)25-16-7-5-15(21)6-8-16/h2-8,13-14,17-18,24H,9-12H2,1H3/t13-,14+,17+,18+/m0/s1. The maximum Gasteiger partial charge on any atom is 0.129 e. The Labute approximate surface area is 157 Å². The second-order valence-electron chi connectivity index (χ2n) is 7.11. The fourth-order valence-electron chi connectivity index (χ4n) is 4.09. The van der Waals surface area contributed by atoms with E-state index >= 15 is 0 Å². The zero-order valence-corrected chi connectivity index (χ0v) is 15.5. The Morgan fingerprint density at radius 3 is 2.58 bits per heavy atom. The van der Waals surface area contributed by atoms with Crippen LogP contribution < -0.4 is 9.64 Å². The van der Waals surface area contributed by atoms with Crippen molar-refractivity contribution in [2.75, 3.05) is 24.2 Å². The van der Waals surface area contributed by atoms with E-state index in [0.717, 1.165) is 36.8 Å². The van der Waals surface area contributed by atoms with Gasteiger partial charge >= 0.3 is 0 Å². The quantitative estimate of drug-likeness (QED) is 0.829. The topological polar surface area (TPSA) is 45.6 Å². The largest absolute Gasteiger partial charge is 0.488 e. The molecule has 1 saturated carbocycles. The summed E-state index contributed by atoms with van der Waals surface area (Å²) < 4.78 is 19.0. The fourth-order valence-corrected chi connectivity index (χ4v) is 4.49. The van der Waals surface area contributed by atoms with Crippen LogP contribution >= 0.6 is 11.8 Å². The van der Waals surface area contributed by atoms with Crippen molar-refractivity contribution in [2.24, 2.45) is 11.8 Å². The zero-order valence-electron chi connectivity index (χ0n) is 14.7. The van der Waals surface area contributed by atoms with E-state index in [1.807, 2.05) is 18.4 Å². The second-order valence-corrected chi connectivity index (χ2v) is 7.94. The van der Waals surface area contributed by atoms with Crippen molar-refractivity contribution in [3.63, 3.8) is 0 Å². The second kappa shape index (κ2) is 7.45. The number of ether oxygens (including phenoxy) is 1. The van der Waals surface area contributed by atoms with Gasteiger partial charge in [-0.3, -0.25) is 0 Å². The van der Waals surface area contributed by atoms with E-state index in [1.165, 1.54) is 12.1 Å². The molecule has 2 aromatic rings. The Morgan fingerprint density at radius 2 is 1.85 bits per heavy atom. The molecule has 4 nitrogen and oxygen atoms in total. The Hall–Kier alpha value is -1.79. The molecule has 4 rings (SSSR count). The van der Waals surface area contributed by atoms with Crippen molar-refractivity contribution in [1.82, 2.24) is 4.98 Å². The van der Waals surface area contributed by atoms with E-state index in [0.29, 0.717) is 17.6 Å². The number of benzene rings is 1. The molecule has 6 heteroatoms. The zero-order chi connectivity index (χ0) is 18.1. The summed E-state index contributed by atoms with van der Waals surface area (Å²) in [5.41, 5.74) is 0. The molecule has 0 radical (unpaired) electrons. The third-order valence-electron chi connectivity index (χ3n) is 5.43. The molecule has 26 heavy (non-hydrogen) atoms. The van der Waals surface area contributed by atoms with Crippen LogP contribution in [-0.4, -0.2) is 41.6 Å². The van der Waals surface area contributed by atoms with Crippen molar-refractivity contribution in [2.45, 2.75) is 30.1 Å². The highest BCUT2D eigenvalue weighted by Crippen LogP contribution is 2.39. The predicted molar refractivity (Wildman–Crippen MR) is 101 cm³/mol. The summed E-state index contributed by atoms with van der Waals surface area (Å²) in [4.78, 5) is 7.03. The van der Waals surface area contributed by atoms with Crippen LogP contribution in [0.4, 0.5) is 10.2 Å². The van der Waals surface area contributed by atoms with Crippen LogP contribution in [-0.2, 0) is 0 Å². The van der Waals surface area contributed by atoms with Crippen molar-refractivity contribution >= 4 is 17.6 Å². The lowest BCUT2D eigenvalue weighted by molar-refractivity contribution is -0.0231. The van der Waals surface area contributed by atoms with Gasteiger partial charge in [-0.1, -0.05) is 6.07 Å². The SMILES string of the molecule is CSc1cccc(N2C[C@H]3C[C@@H](Oc4ccc(F)cc4)[C@H](O)C[C@H]3C2)n1. The van der Waals surface area contributed by atoms with Gasteiger partial charge in [0, 0.05) is 13.1 Å². The molecule has 1 N–H and O–H groups in total.